The van der Waals surface area contributed by atoms with Crippen molar-refractivity contribution in [1.82, 2.24) is 0 Å². The van der Waals surface area contributed by atoms with Crippen LogP contribution in [0.2, 0.25) is 0 Å². The molecule has 0 bridgehead atoms. The molecular weight excluding hydrogens is 184 g/mol. The second-order valence-corrected chi connectivity index (χ2v) is 3.28. The Bertz CT molecular complexity index is 496. The van der Waals surface area contributed by atoms with Crippen molar-refractivity contribution in [3.63, 3.8) is 0 Å². The lowest BCUT2D eigenvalue weighted by Gasteiger charge is -1.94. The van der Waals surface area contributed by atoms with Crippen LogP contribution in [0.4, 0.5) is 0 Å². The van der Waals surface area contributed by atoms with Gasteiger partial charge in [0.05, 0.1) is 0 Å². The first-order chi connectivity index (χ1) is 7.40. The summed E-state index contributed by atoms with van der Waals surface area (Å²) >= 11 is 0. The van der Waals surface area contributed by atoms with E-state index >= 15 is 0 Å². The summed E-state index contributed by atoms with van der Waals surface area (Å²) in [4.78, 5) is 10.7. The molecule has 0 atom stereocenters. The number of carbonyl (C=O) groups is 1. The molecule has 0 heterocycles. The number of aldehydes is 1. The fraction of sp³-hybridized carbons (Fsp3) is 0.0714. The van der Waals surface area contributed by atoms with Crippen molar-refractivity contribution in [2.45, 2.75) is 6.42 Å². The molecule has 0 aliphatic heterocycles. The Labute approximate surface area is 89.1 Å². The maximum Gasteiger partial charge on any atom is 0.151 e. The van der Waals surface area contributed by atoms with Gasteiger partial charge in [-0.2, -0.15) is 0 Å². The summed E-state index contributed by atoms with van der Waals surface area (Å²) in [6.45, 7) is 0. The van der Waals surface area contributed by atoms with Gasteiger partial charge in [-0.25, -0.2) is 0 Å². The summed E-state index contributed by atoms with van der Waals surface area (Å²) < 4.78 is 0. The molecule has 2 rings (SSSR count). The van der Waals surface area contributed by atoms with Gasteiger partial charge >= 0.3 is 0 Å². The lowest BCUT2D eigenvalue weighted by molar-refractivity contribution is 0.112. The van der Waals surface area contributed by atoms with Gasteiger partial charge < -0.3 is 0 Å². The average molecular weight is 194 g/mol. The molecular formula is C14H10O. The molecule has 0 saturated heterocycles. The number of rotatable bonds is 1. The van der Waals surface area contributed by atoms with Crippen LogP contribution in [-0.2, 0) is 0 Å². The molecule has 1 aliphatic rings. The Balaban J connectivity index is 2.27. The smallest absolute Gasteiger partial charge is 0.151 e. The minimum Gasteiger partial charge on any atom is -0.298 e. The third-order valence-corrected chi connectivity index (χ3v) is 2.22. The van der Waals surface area contributed by atoms with E-state index < -0.39 is 0 Å². The summed E-state index contributed by atoms with van der Waals surface area (Å²) in [5.41, 5.74) is 2.53. The Morgan fingerprint density at radius 1 is 1.20 bits per heavy atom. The van der Waals surface area contributed by atoms with Gasteiger partial charge in [0.1, 0.15) is 0 Å². The zero-order chi connectivity index (χ0) is 10.5. The largest absolute Gasteiger partial charge is 0.298 e. The molecule has 15 heavy (non-hydrogen) atoms. The van der Waals surface area contributed by atoms with Crippen molar-refractivity contribution in [3.05, 3.63) is 59.2 Å². The molecule has 0 aromatic heterocycles. The fourth-order valence-corrected chi connectivity index (χ4v) is 1.40. The van der Waals surface area contributed by atoms with Crippen LogP contribution in [0.1, 0.15) is 22.3 Å². The summed E-state index contributed by atoms with van der Waals surface area (Å²) in [7, 11) is 0. The zero-order valence-electron chi connectivity index (χ0n) is 8.23. The van der Waals surface area contributed by atoms with E-state index in [1.54, 1.807) is 6.07 Å². The van der Waals surface area contributed by atoms with Gasteiger partial charge in [0, 0.05) is 16.7 Å². The van der Waals surface area contributed by atoms with E-state index in [2.05, 4.69) is 17.9 Å². The van der Waals surface area contributed by atoms with E-state index in [4.69, 9.17) is 0 Å². The van der Waals surface area contributed by atoms with Crippen LogP contribution in [0.15, 0.2) is 48.1 Å². The van der Waals surface area contributed by atoms with E-state index in [0.29, 0.717) is 5.56 Å². The summed E-state index contributed by atoms with van der Waals surface area (Å²) in [6.07, 6.45) is 7.79. The molecule has 0 unspecified atom stereocenters. The summed E-state index contributed by atoms with van der Waals surface area (Å²) in [6, 6.07) is 7.36. The first kappa shape index (κ1) is 9.48. The molecule has 0 N–H and O–H groups in total. The summed E-state index contributed by atoms with van der Waals surface area (Å²) in [5.74, 6) is 6.08. The lowest BCUT2D eigenvalue weighted by atomic mass is 10.1. The first-order valence-electron chi connectivity index (χ1n) is 4.82. The highest BCUT2D eigenvalue weighted by Gasteiger charge is 1.97. The van der Waals surface area contributed by atoms with Gasteiger partial charge in [-0.1, -0.05) is 48.3 Å². The van der Waals surface area contributed by atoms with Gasteiger partial charge in [0.2, 0.25) is 0 Å². The number of hydrogen-bond acceptors (Lipinski definition) is 1. The van der Waals surface area contributed by atoms with Gasteiger partial charge in [-0.3, -0.25) is 4.79 Å². The molecule has 1 heteroatoms. The third kappa shape index (κ3) is 2.24. The van der Waals surface area contributed by atoms with E-state index in [1.807, 2.05) is 30.4 Å². The van der Waals surface area contributed by atoms with Crippen LogP contribution in [-0.4, -0.2) is 6.29 Å². The van der Waals surface area contributed by atoms with Crippen LogP contribution in [0.5, 0.6) is 0 Å². The van der Waals surface area contributed by atoms with E-state index in [9.17, 15) is 4.79 Å². The Hall–Kier alpha value is -2.07. The molecule has 0 radical (unpaired) electrons. The Morgan fingerprint density at radius 3 is 2.80 bits per heavy atom. The van der Waals surface area contributed by atoms with Crippen LogP contribution in [0, 0.1) is 11.8 Å². The minimum atomic E-state index is 0.650. The van der Waals surface area contributed by atoms with E-state index in [1.165, 1.54) is 0 Å². The van der Waals surface area contributed by atoms with Crippen molar-refractivity contribution in [2.75, 3.05) is 0 Å². The molecule has 1 aromatic carbocycles. The molecule has 0 fully saturated rings. The monoisotopic (exact) mass is 194 g/mol. The molecule has 0 saturated carbocycles. The third-order valence-electron chi connectivity index (χ3n) is 2.22. The average Bonchev–Trinajstić information content (AvgIpc) is 2.79. The van der Waals surface area contributed by atoms with Crippen molar-refractivity contribution in [2.24, 2.45) is 0 Å². The normalized spacial score (nSPS) is 12.9. The molecule has 1 aromatic rings. The zero-order valence-corrected chi connectivity index (χ0v) is 8.23. The van der Waals surface area contributed by atoms with Crippen LogP contribution in [0.3, 0.4) is 0 Å². The highest BCUT2D eigenvalue weighted by Crippen LogP contribution is 2.10. The van der Waals surface area contributed by atoms with Gasteiger partial charge in [0.25, 0.3) is 0 Å². The number of carbonyl (C=O) groups excluding carboxylic acids is 1. The number of benzene rings is 1. The SMILES string of the molecule is O=Cc1ccccc1C#CC1=CC=CC1. The maximum atomic E-state index is 10.7. The topological polar surface area (TPSA) is 17.1 Å². The molecule has 0 spiro atoms. The van der Waals surface area contributed by atoms with Gasteiger partial charge in [-0.05, 0) is 12.5 Å². The molecule has 72 valence electrons. The highest BCUT2D eigenvalue weighted by molar-refractivity contribution is 5.79. The van der Waals surface area contributed by atoms with Crippen molar-refractivity contribution < 1.29 is 4.79 Å². The first-order valence-corrected chi connectivity index (χ1v) is 4.82. The fourth-order valence-electron chi connectivity index (χ4n) is 1.40. The molecule has 1 aliphatic carbocycles. The standard InChI is InChI=1S/C14H10O/c15-11-14-8-4-3-7-13(14)10-9-12-5-1-2-6-12/h1-5,7-8,11H,6H2. The highest BCUT2D eigenvalue weighted by atomic mass is 16.1. The number of hydrogen-bond donors (Lipinski definition) is 0. The maximum absolute atomic E-state index is 10.7. The predicted octanol–water partition coefficient (Wildman–Crippen LogP) is 2.74. The van der Waals surface area contributed by atoms with Crippen molar-refractivity contribution in [3.8, 4) is 11.8 Å². The number of allylic oxidation sites excluding steroid dienone is 4. The quantitative estimate of drug-likeness (QED) is 0.496. The molecule has 0 amide bonds. The van der Waals surface area contributed by atoms with E-state index in [-0.39, 0.29) is 0 Å². The lowest BCUT2D eigenvalue weighted by Crippen LogP contribution is -1.85. The molecule has 1 nitrogen and oxygen atoms in total. The second kappa shape index (κ2) is 4.43. The summed E-state index contributed by atoms with van der Waals surface area (Å²) in [5, 5.41) is 0. The second-order valence-electron chi connectivity index (χ2n) is 3.28. The van der Waals surface area contributed by atoms with Crippen molar-refractivity contribution in [1.29, 1.82) is 0 Å². The van der Waals surface area contributed by atoms with Gasteiger partial charge in [-0.15, -0.1) is 0 Å². The van der Waals surface area contributed by atoms with Crippen molar-refractivity contribution >= 4 is 6.29 Å². The van der Waals surface area contributed by atoms with Gasteiger partial charge in [0.15, 0.2) is 6.29 Å². The Morgan fingerprint density at radius 2 is 2.07 bits per heavy atom. The van der Waals surface area contributed by atoms with Crippen LogP contribution < -0.4 is 0 Å². The van der Waals surface area contributed by atoms with Crippen LogP contribution in [0.25, 0.3) is 0 Å². The minimum absolute atomic E-state index is 0.650. The van der Waals surface area contributed by atoms with Crippen LogP contribution >= 0.6 is 0 Å². The van der Waals surface area contributed by atoms with E-state index in [0.717, 1.165) is 23.8 Å². The Kier molecular flexibility index (Phi) is 2.80. The predicted molar refractivity (Wildman–Crippen MR) is 60.5 cm³/mol.